The number of alkyl halides is 3. The minimum atomic E-state index is -4.50. The zero-order chi connectivity index (χ0) is 30.7. The van der Waals surface area contributed by atoms with E-state index in [1.807, 2.05) is 7.05 Å². The minimum Gasteiger partial charge on any atom is -0.495 e. The fourth-order valence-corrected chi connectivity index (χ4v) is 5.53. The van der Waals surface area contributed by atoms with Gasteiger partial charge in [-0.2, -0.15) is 13.2 Å². The maximum absolute atomic E-state index is 13.4. The lowest BCUT2D eigenvalue weighted by Gasteiger charge is -2.36. The molecule has 4 rings (SSSR count). The monoisotopic (exact) mass is 607 g/mol. The molecule has 0 aliphatic carbocycles. The number of imidazole rings is 1. The van der Waals surface area contributed by atoms with E-state index >= 15 is 0 Å². The number of aliphatic hydroxyl groups is 1. The second kappa shape index (κ2) is 12.6. The third kappa shape index (κ3) is 7.53. The van der Waals surface area contributed by atoms with Crippen molar-refractivity contribution < 1.29 is 36.2 Å². The molecule has 0 saturated carbocycles. The van der Waals surface area contributed by atoms with E-state index in [4.69, 9.17) is 4.74 Å². The number of likely N-dealkylation sites (tertiary alicyclic amines) is 1. The van der Waals surface area contributed by atoms with Crippen molar-refractivity contribution in [2.24, 2.45) is 5.92 Å². The van der Waals surface area contributed by atoms with Gasteiger partial charge in [0, 0.05) is 43.0 Å². The Morgan fingerprint density at radius 1 is 1.26 bits per heavy atom. The van der Waals surface area contributed by atoms with Crippen LogP contribution in [0.25, 0.3) is 11.0 Å². The number of fused-ring (bicyclic) bond motifs is 1. The average molecular weight is 608 g/mol. The maximum atomic E-state index is 13.4. The van der Waals surface area contributed by atoms with Crippen LogP contribution >= 0.6 is 0 Å². The number of anilines is 1. The zero-order valence-electron chi connectivity index (χ0n) is 23.3. The topological polar surface area (TPSA) is 126 Å². The summed E-state index contributed by atoms with van der Waals surface area (Å²) in [6, 6.07) is 6.99. The summed E-state index contributed by atoms with van der Waals surface area (Å²) in [5, 5.41) is 15.8. The molecule has 2 atom stereocenters. The zero-order valence-corrected chi connectivity index (χ0v) is 24.1. The van der Waals surface area contributed by atoms with Gasteiger partial charge in [-0.05, 0) is 44.3 Å². The number of aliphatic hydroxyl groups excluding tert-OH is 1. The van der Waals surface area contributed by atoms with Crippen LogP contribution in [0.3, 0.4) is 0 Å². The number of ether oxygens (including phenoxy) is 1. The van der Waals surface area contributed by atoms with E-state index in [1.54, 1.807) is 6.07 Å². The molecule has 1 fully saturated rings. The molecule has 42 heavy (non-hydrogen) atoms. The fraction of sp³-hybridized carbons (Fsp3) is 0.429. The largest absolute Gasteiger partial charge is 0.495 e. The second-order valence-corrected chi connectivity index (χ2v) is 12.3. The lowest BCUT2D eigenvalue weighted by molar-refractivity contribution is -0.139. The fourth-order valence-electron chi connectivity index (χ4n) is 4.90. The molecule has 1 amide bonds. The van der Waals surface area contributed by atoms with Crippen LogP contribution < -0.4 is 15.4 Å². The third-order valence-electron chi connectivity index (χ3n) is 7.01. The van der Waals surface area contributed by atoms with Crippen molar-refractivity contribution in [3.8, 4) is 17.6 Å². The van der Waals surface area contributed by atoms with Gasteiger partial charge < -0.3 is 29.9 Å². The van der Waals surface area contributed by atoms with Crippen LogP contribution in [-0.4, -0.2) is 92.8 Å². The predicted molar refractivity (Wildman–Crippen MR) is 151 cm³/mol. The summed E-state index contributed by atoms with van der Waals surface area (Å²) < 4.78 is 69.6. The molecule has 0 bridgehead atoms. The Morgan fingerprint density at radius 2 is 2.02 bits per heavy atom. The van der Waals surface area contributed by atoms with E-state index < -0.39 is 28.5 Å². The molecular weight excluding hydrogens is 575 g/mol. The van der Waals surface area contributed by atoms with Gasteiger partial charge >= 0.3 is 6.18 Å². The number of methoxy groups -OCH3 is 1. The van der Waals surface area contributed by atoms with Gasteiger partial charge in [-0.1, -0.05) is 11.8 Å². The van der Waals surface area contributed by atoms with E-state index in [0.29, 0.717) is 30.0 Å². The van der Waals surface area contributed by atoms with Crippen molar-refractivity contribution in [2.75, 3.05) is 52.0 Å². The number of hydrogen-bond donors (Lipinski definition) is 3. The quantitative estimate of drug-likeness (QED) is 0.334. The highest BCUT2D eigenvalue weighted by molar-refractivity contribution is 7.90. The molecule has 1 saturated heterocycles. The number of nitrogens with one attached hydrogen (secondary N) is 2. The summed E-state index contributed by atoms with van der Waals surface area (Å²) >= 11 is 0. The molecule has 1 aliphatic heterocycles. The molecular formula is C28H32F3N5O5S. The van der Waals surface area contributed by atoms with Gasteiger partial charge in [-0.25, -0.2) is 13.4 Å². The Hall–Kier alpha value is -3.80. The van der Waals surface area contributed by atoms with Gasteiger partial charge in [-0.3, -0.25) is 4.79 Å². The molecule has 1 aliphatic rings. The van der Waals surface area contributed by atoms with E-state index in [0.717, 1.165) is 23.7 Å². The van der Waals surface area contributed by atoms with Crippen LogP contribution in [0.2, 0.25) is 0 Å². The Labute approximate surface area is 241 Å². The van der Waals surface area contributed by atoms with Crippen molar-refractivity contribution in [3.05, 3.63) is 47.8 Å². The molecule has 2 heterocycles. The SMILES string of the molecule is COc1cc(S(C)(=O)=O)ccc1NCC#Cc1cc(C(=O)NC2CCN(C)CC2CO)c2ncn(CC(F)(F)F)c2c1. The second-order valence-electron chi connectivity index (χ2n) is 10.2. The van der Waals surface area contributed by atoms with Crippen molar-refractivity contribution in [2.45, 2.75) is 30.1 Å². The van der Waals surface area contributed by atoms with Crippen LogP contribution in [0.4, 0.5) is 18.9 Å². The summed E-state index contributed by atoms with van der Waals surface area (Å²) in [5.74, 6) is 5.36. The first-order valence-electron chi connectivity index (χ1n) is 13.1. The standard InChI is InChI=1S/C28H32F3N5O5S/c1-35-10-8-22(19(14-35)15-37)34-27(38)21-11-18(12-24-26(21)33-17-36(24)16-28(29,30)31)5-4-9-32-23-7-6-20(42(3,39)40)13-25(23)41-2/h6-7,11-13,17,19,22,32,37H,8-10,14-16H2,1-3H3,(H,34,38). The number of halogens is 3. The number of piperidine rings is 1. The number of nitrogens with zero attached hydrogens (tertiary/aromatic N) is 3. The summed E-state index contributed by atoms with van der Waals surface area (Å²) in [5.41, 5.74) is 1.11. The maximum Gasteiger partial charge on any atom is 0.406 e. The first kappa shape index (κ1) is 31.1. The molecule has 3 aromatic rings. The summed E-state index contributed by atoms with van der Waals surface area (Å²) in [7, 11) is -0.103. The molecule has 1 aromatic heterocycles. The van der Waals surface area contributed by atoms with Crippen molar-refractivity contribution in [1.82, 2.24) is 19.8 Å². The van der Waals surface area contributed by atoms with Gasteiger partial charge in [0.05, 0.1) is 41.6 Å². The van der Waals surface area contributed by atoms with Crippen LogP contribution in [-0.2, 0) is 16.4 Å². The Morgan fingerprint density at radius 3 is 2.69 bits per heavy atom. The number of carbonyl (C=O) groups is 1. The minimum absolute atomic E-state index is 0.0827. The molecule has 2 unspecified atom stereocenters. The lowest BCUT2D eigenvalue weighted by atomic mass is 9.92. The highest BCUT2D eigenvalue weighted by atomic mass is 32.2. The summed E-state index contributed by atoms with van der Waals surface area (Å²) in [4.78, 5) is 19.7. The third-order valence-corrected chi connectivity index (χ3v) is 8.12. The van der Waals surface area contributed by atoms with Crippen molar-refractivity contribution >= 4 is 32.5 Å². The summed E-state index contributed by atoms with van der Waals surface area (Å²) in [6.07, 6.45) is -1.76. The summed E-state index contributed by atoms with van der Waals surface area (Å²) in [6.45, 7) is -0.00254. The molecule has 10 nitrogen and oxygen atoms in total. The number of benzene rings is 2. The average Bonchev–Trinajstić information content (AvgIpc) is 3.31. The highest BCUT2D eigenvalue weighted by Gasteiger charge is 2.31. The number of rotatable bonds is 8. The molecule has 226 valence electrons. The normalized spacial score (nSPS) is 17.9. The van der Waals surface area contributed by atoms with Crippen LogP contribution in [0.15, 0.2) is 41.6 Å². The van der Waals surface area contributed by atoms with E-state index in [9.17, 15) is 31.5 Å². The Bertz CT molecular complexity index is 1630. The smallest absolute Gasteiger partial charge is 0.406 e. The molecule has 14 heteroatoms. The predicted octanol–water partition coefficient (Wildman–Crippen LogP) is 2.52. The van der Waals surface area contributed by atoms with Gasteiger partial charge in [0.2, 0.25) is 0 Å². The van der Waals surface area contributed by atoms with Crippen LogP contribution in [0, 0.1) is 17.8 Å². The van der Waals surface area contributed by atoms with Crippen LogP contribution in [0.1, 0.15) is 22.3 Å². The number of carbonyl (C=O) groups excluding carboxylic acids is 1. The van der Waals surface area contributed by atoms with Crippen molar-refractivity contribution in [1.29, 1.82) is 0 Å². The van der Waals surface area contributed by atoms with Gasteiger partial charge in [0.25, 0.3) is 5.91 Å². The Balaban J connectivity index is 1.62. The van der Waals surface area contributed by atoms with E-state index in [1.165, 1.54) is 31.4 Å². The number of amides is 1. The number of hydrogen-bond acceptors (Lipinski definition) is 8. The number of sulfone groups is 1. The molecule has 2 aromatic carbocycles. The van der Waals surface area contributed by atoms with Crippen molar-refractivity contribution in [3.63, 3.8) is 0 Å². The van der Waals surface area contributed by atoms with E-state index in [-0.39, 0.29) is 46.6 Å². The molecule has 0 spiro atoms. The number of aromatic nitrogens is 2. The van der Waals surface area contributed by atoms with Gasteiger partial charge in [-0.15, -0.1) is 0 Å². The van der Waals surface area contributed by atoms with Crippen LogP contribution in [0.5, 0.6) is 5.75 Å². The lowest BCUT2D eigenvalue weighted by Crippen LogP contribution is -2.51. The first-order valence-corrected chi connectivity index (χ1v) is 14.9. The molecule has 3 N–H and O–H groups in total. The van der Waals surface area contributed by atoms with Gasteiger partial charge in [0.15, 0.2) is 9.84 Å². The Kier molecular flexibility index (Phi) is 9.34. The highest BCUT2D eigenvalue weighted by Crippen LogP contribution is 2.28. The van der Waals surface area contributed by atoms with Gasteiger partial charge in [0.1, 0.15) is 17.8 Å². The molecule has 0 radical (unpaired) electrons. The first-order chi connectivity index (χ1) is 19.8. The van der Waals surface area contributed by atoms with E-state index in [2.05, 4.69) is 32.4 Å².